The van der Waals surface area contributed by atoms with E-state index in [4.69, 9.17) is 0 Å². The van der Waals surface area contributed by atoms with Gasteiger partial charge in [-0.3, -0.25) is 0 Å². The Morgan fingerprint density at radius 2 is 1.86 bits per heavy atom. The molecule has 0 radical (unpaired) electrons. The van der Waals surface area contributed by atoms with Gasteiger partial charge in [0.25, 0.3) is 0 Å². The van der Waals surface area contributed by atoms with Crippen molar-refractivity contribution >= 4 is 12.0 Å². The molecule has 1 aromatic rings. The molecule has 0 spiro atoms. The Morgan fingerprint density at radius 1 is 1.24 bits per heavy atom. The molecule has 5 nitrogen and oxygen atoms in total. The molecule has 0 aliphatic rings. The summed E-state index contributed by atoms with van der Waals surface area (Å²) < 4.78 is 0. The molecular formula is C16H24N2O3. The molecule has 5 heteroatoms. The van der Waals surface area contributed by atoms with E-state index in [0.717, 1.165) is 5.56 Å². The number of nitrogens with zero attached hydrogens (tertiary/aromatic N) is 1. The monoisotopic (exact) mass is 292 g/mol. The predicted molar refractivity (Wildman–Crippen MR) is 82.2 cm³/mol. The lowest BCUT2D eigenvalue weighted by atomic mass is 10.1. The molecule has 0 aromatic heterocycles. The molecule has 1 aromatic carbocycles. The second-order valence-electron chi connectivity index (χ2n) is 5.24. The smallest absolute Gasteiger partial charge is 0.326 e. The Kier molecular flexibility index (Phi) is 6.72. The highest BCUT2D eigenvalue weighted by Gasteiger charge is 2.23. The van der Waals surface area contributed by atoms with Crippen molar-refractivity contribution in [2.24, 2.45) is 0 Å². The molecule has 0 heterocycles. The van der Waals surface area contributed by atoms with Crippen LogP contribution in [0.3, 0.4) is 0 Å². The van der Waals surface area contributed by atoms with Gasteiger partial charge in [-0.25, -0.2) is 9.59 Å². The Bertz CT molecular complexity index is 460. The van der Waals surface area contributed by atoms with Gasteiger partial charge < -0.3 is 15.3 Å². The number of amides is 2. The van der Waals surface area contributed by atoms with Crippen LogP contribution in [0, 0.1) is 0 Å². The van der Waals surface area contributed by atoms with Crippen molar-refractivity contribution in [2.75, 3.05) is 6.54 Å². The van der Waals surface area contributed by atoms with E-state index < -0.39 is 12.0 Å². The topological polar surface area (TPSA) is 69.6 Å². The van der Waals surface area contributed by atoms with Crippen LogP contribution in [-0.2, 0) is 11.2 Å². The highest BCUT2D eigenvalue weighted by atomic mass is 16.4. The van der Waals surface area contributed by atoms with Crippen molar-refractivity contribution in [3.8, 4) is 0 Å². The number of nitrogens with one attached hydrogen (secondary N) is 1. The predicted octanol–water partition coefficient (Wildman–Crippen LogP) is 2.51. The average molecular weight is 292 g/mol. The van der Waals surface area contributed by atoms with Gasteiger partial charge >= 0.3 is 12.0 Å². The standard InChI is InChI=1S/C16H24N2O3/c1-4-18(12(2)3)16(21)17-14(15(19)20)11-10-13-8-6-5-7-9-13/h5-9,12,14H,4,10-11H2,1-3H3,(H,17,21)(H,19,20). The van der Waals surface area contributed by atoms with Gasteiger partial charge in [0.1, 0.15) is 6.04 Å². The van der Waals surface area contributed by atoms with E-state index in [1.165, 1.54) is 0 Å². The first-order valence-electron chi connectivity index (χ1n) is 7.29. The van der Waals surface area contributed by atoms with Crippen LogP contribution in [0.2, 0.25) is 0 Å². The summed E-state index contributed by atoms with van der Waals surface area (Å²) in [7, 11) is 0. The van der Waals surface area contributed by atoms with Crippen molar-refractivity contribution in [1.82, 2.24) is 10.2 Å². The van der Waals surface area contributed by atoms with E-state index in [1.54, 1.807) is 4.90 Å². The zero-order valence-electron chi connectivity index (χ0n) is 12.9. The summed E-state index contributed by atoms with van der Waals surface area (Å²) >= 11 is 0. The SMILES string of the molecule is CCN(C(=O)NC(CCc1ccccc1)C(=O)O)C(C)C. The number of aliphatic carboxylic acids is 1. The molecular weight excluding hydrogens is 268 g/mol. The molecule has 0 saturated heterocycles. The highest BCUT2D eigenvalue weighted by molar-refractivity contribution is 5.82. The van der Waals surface area contributed by atoms with Gasteiger partial charge in [0, 0.05) is 12.6 Å². The van der Waals surface area contributed by atoms with Crippen molar-refractivity contribution < 1.29 is 14.7 Å². The summed E-state index contributed by atoms with van der Waals surface area (Å²) in [6.45, 7) is 6.24. The fourth-order valence-electron chi connectivity index (χ4n) is 2.19. The zero-order chi connectivity index (χ0) is 15.8. The van der Waals surface area contributed by atoms with E-state index >= 15 is 0 Å². The number of aryl methyl sites for hydroxylation is 1. The third kappa shape index (κ3) is 5.45. The summed E-state index contributed by atoms with van der Waals surface area (Å²) in [4.78, 5) is 25.0. The highest BCUT2D eigenvalue weighted by Crippen LogP contribution is 2.07. The molecule has 0 saturated carbocycles. The summed E-state index contributed by atoms with van der Waals surface area (Å²) in [5, 5.41) is 11.9. The zero-order valence-corrected chi connectivity index (χ0v) is 12.9. The molecule has 0 fully saturated rings. The van der Waals surface area contributed by atoms with Crippen LogP contribution in [-0.4, -0.2) is 40.6 Å². The molecule has 1 unspecified atom stereocenters. The number of hydrogen-bond donors (Lipinski definition) is 2. The Labute approximate surface area is 126 Å². The van der Waals surface area contributed by atoms with Crippen LogP contribution < -0.4 is 5.32 Å². The lowest BCUT2D eigenvalue weighted by molar-refractivity contribution is -0.139. The number of carboxylic acids is 1. The summed E-state index contributed by atoms with van der Waals surface area (Å²) in [6.07, 6.45) is 0.993. The maximum atomic E-state index is 12.1. The molecule has 21 heavy (non-hydrogen) atoms. The van der Waals surface area contributed by atoms with Gasteiger partial charge in [0.15, 0.2) is 0 Å². The van der Waals surface area contributed by atoms with Crippen LogP contribution in [0.1, 0.15) is 32.8 Å². The van der Waals surface area contributed by atoms with E-state index in [-0.39, 0.29) is 12.1 Å². The van der Waals surface area contributed by atoms with Gasteiger partial charge in [0.05, 0.1) is 0 Å². The van der Waals surface area contributed by atoms with Crippen LogP contribution >= 0.6 is 0 Å². The quantitative estimate of drug-likeness (QED) is 0.811. The van der Waals surface area contributed by atoms with Gasteiger partial charge in [0.2, 0.25) is 0 Å². The van der Waals surface area contributed by atoms with Crippen LogP contribution in [0.15, 0.2) is 30.3 Å². The Balaban J connectivity index is 2.61. The summed E-state index contributed by atoms with van der Waals surface area (Å²) in [5.74, 6) is -1.00. The second kappa shape index (κ2) is 8.29. The van der Waals surface area contributed by atoms with E-state index in [0.29, 0.717) is 19.4 Å². The number of carboxylic acid groups (broad SMARTS) is 1. The fourth-order valence-corrected chi connectivity index (χ4v) is 2.19. The van der Waals surface area contributed by atoms with Crippen LogP contribution in [0.4, 0.5) is 4.79 Å². The van der Waals surface area contributed by atoms with Gasteiger partial charge in [-0.15, -0.1) is 0 Å². The molecule has 2 amide bonds. The molecule has 1 rings (SSSR count). The van der Waals surface area contributed by atoms with Gasteiger partial charge in [-0.2, -0.15) is 0 Å². The first-order chi connectivity index (χ1) is 9.95. The van der Waals surface area contributed by atoms with E-state index in [1.807, 2.05) is 51.1 Å². The molecule has 2 N–H and O–H groups in total. The van der Waals surface area contributed by atoms with Crippen molar-refractivity contribution in [2.45, 2.75) is 45.7 Å². The summed E-state index contributed by atoms with van der Waals surface area (Å²) in [6, 6.07) is 8.50. The molecule has 1 atom stereocenters. The van der Waals surface area contributed by atoms with Crippen molar-refractivity contribution in [3.05, 3.63) is 35.9 Å². The number of urea groups is 1. The van der Waals surface area contributed by atoms with Gasteiger partial charge in [-0.05, 0) is 39.2 Å². The number of carbonyl (C=O) groups is 2. The van der Waals surface area contributed by atoms with Crippen LogP contribution in [0.5, 0.6) is 0 Å². The van der Waals surface area contributed by atoms with E-state index in [2.05, 4.69) is 5.32 Å². The number of benzene rings is 1. The number of rotatable bonds is 7. The molecule has 0 aliphatic heterocycles. The average Bonchev–Trinajstić information content (AvgIpc) is 2.44. The third-order valence-electron chi connectivity index (χ3n) is 3.39. The second-order valence-corrected chi connectivity index (χ2v) is 5.24. The number of carbonyl (C=O) groups excluding carboxylic acids is 1. The Morgan fingerprint density at radius 3 is 2.33 bits per heavy atom. The molecule has 116 valence electrons. The van der Waals surface area contributed by atoms with E-state index in [9.17, 15) is 14.7 Å². The maximum absolute atomic E-state index is 12.1. The normalized spacial score (nSPS) is 12.0. The minimum atomic E-state index is -1.00. The van der Waals surface area contributed by atoms with Crippen LogP contribution in [0.25, 0.3) is 0 Å². The molecule has 0 aliphatic carbocycles. The minimum Gasteiger partial charge on any atom is -0.480 e. The molecule has 0 bridgehead atoms. The minimum absolute atomic E-state index is 0.0403. The largest absolute Gasteiger partial charge is 0.480 e. The number of hydrogen-bond acceptors (Lipinski definition) is 2. The Hall–Kier alpha value is -2.04. The third-order valence-corrected chi connectivity index (χ3v) is 3.39. The van der Waals surface area contributed by atoms with Crippen molar-refractivity contribution in [3.63, 3.8) is 0 Å². The fraction of sp³-hybridized carbons (Fsp3) is 0.500. The summed E-state index contributed by atoms with van der Waals surface area (Å²) in [5.41, 5.74) is 1.06. The maximum Gasteiger partial charge on any atom is 0.326 e. The van der Waals surface area contributed by atoms with Crippen molar-refractivity contribution in [1.29, 1.82) is 0 Å². The lowest BCUT2D eigenvalue weighted by Crippen LogP contribution is -2.50. The first kappa shape index (κ1) is 17.0. The first-order valence-corrected chi connectivity index (χ1v) is 7.29. The van der Waals surface area contributed by atoms with Gasteiger partial charge in [-0.1, -0.05) is 30.3 Å². The lowest BCUT2D eigenvalue weighted by Gasteiger charge is -2.27.